The van der Waals surface area contributed by atoms with Gasteiger partial charge in [0.1, 0.15) is 17.0 Å². The van der Waals surface area contributed by atoms with Crippen LogP contribution < -0.4 is 15.4 Å². The third kappa shape index (κ3) is 4.55. The van der Waals surface area contributed by atoms with Gasteiger partial charge in [-0.3, -0.25) is 10.1 Å². The van der Waals surface area contributed by atoms with Gasteiger partial charge in [-0.1, -0.05) is 19.1 Å². The van der Waals surface area contributed by atoms with Crippen molar-refractivity contribution in [3.05, 3.63) is 71.8 Å². The van der Waals surface area contributed by atoms with Crippen molar-refractivity contribution < 1.29 is 19.1 Å². The van der Waals surface area contributed by atoms with E-state index in [-0.39, 0.29) is 16.8 Å². The average Bonchev–Trinajstić information content (AvgIpc) is 3.23. The van der Waals surface area contributed by atoms with Gasteiger partial charge in [0, 0.05) is 11.3 Å². The first-order valence-corrected chi connectivity index (χ1v) is 10.4. The summed E-state index contributed by atoms with van der Waals surface area (Å²) in [7, 11) is 1.53. The molecular weight excluding hydrogens is 426 g/mol. The number of aryl methyl sites for hydroxylation is 1. The quantitative estimate of drug-likeness (QED) is 0.296. The van der Waals surface area contributed by atoms with Crippen LogP contribution in [0.2, 0.25) is 0 Å². The molecule has 162 valence electrons. The first-order valence-electron chi connectivity index (χ1n) is 9.96. The number of phenolic OH excluding ortho intramolecular Hbond substituents is 1. The van der Waals surface area contributed by atoms with E-state index in [1.165, 1.54) is 13.2 Å². The maximum absolute atomic E-state index is 12.4. The Morgan fingerprint density at radius 2 is 2.00 bits per heavy atom. The maximum Gasteiger partial charge on any atom is 0.257 e. The van der Waals surface area contributed by atoms with E-state index in [1.807, 2.05) is 18.2 Å². The van der Waals surface area contributed by atoms with Crippen molar-refractivity contribution >= 4 is 40.0 Å². The number of benzene rings is 3. The number of ether oxygens (including phenoxy) is 1. The number of phenols is 1. The number of anilines is 1. The molecule has 7 nitrogen and oxygen atoms in total. The highest BCUT2D eigenvalue weighted by Gasteiger charge is 2.15. The van der Waals surface area contributed by atoms with Crippen molar-refractivity contribution in [3.8, 4) is 23.0 Å². The second kappa shape index (κ2) is 9.07. The summed E-state index contributed by atoms with van der Waals surface area (Å²) < 4.78 is 11.0. The molecule has 0 bridgehead atoms. The van der Waals surface area contributed by atoms with Crippen LogP contribution in [0.1, 0.15) is 22.8 Å². The van der Waals surface area contributed by atoms with Crippen molar-refractivity contribution in [2.75, 3.05) is 12.4 Å². The van der Waals surface area contributed by atoms with E-state index in [0.29, 0.717) is 34.0 Å². The van der Waals surface area contributed by atoms with Crippen LogP contribution in [0.4, 0.5) is 5.69 Å². The lowest BCUT2D eigenvalue weighted by atomic mass is 10.1. The predicted octanol–water partition coefficient (Wildman–Crippen LogP) is 4.90. The van der Waals surface area contributed by atoms with Gasteiger partial charge in [-0.15, -0.1) is 0 Å². The van der Waals surface area contributed by atoms with E-state index in [9.17, 15) is 9.90 Å². The number of nitrogens with zero attached hydrogens (tertiary/aromatic N) is 1. The molecular formula is C24H21N3O4S. The lowest BCUT2D eigenvalue weighted by Crippen LogP contribution is -2.34. The fourth-order valence-electron chi connectivity index (χ4n) is 3.20. The molecule has 0 saturated carbocycles. The van der Waals surface area contributed by atoms with Gasteiger partial charge in [-0.2, -0.15) is 0 Å². The highest BCUT2D eigenvalue weighted by molar-refractivity contribution is 7.80. The zero-order chi connectivity index (χ0) is 22.7. The molecule has 0 spiro atoms. The van der Waals surface area contributed by atoms with E-state index >= 15 is 0 Å². The molecule has 8 heteroatoms. The van der Waals surface area contributed by atoms with Crippen molar-refractivity contribution in [2.45, 2.75) is 13.3 Å². The van der Waals surface area contributed by atoms with Gasteiger partial charge >= 0.3 is 0 Å². The van der Waals surface area contributed by atoms with E-state index in [2.05, 4.69) is 22.5 Å². The number of oxazole rings is 1. The van der Waals surface area contributed by atoms with Gasteiger partial charge in [-0.25, -0.2) is 4.98 Å². The number of methoxy groups -OCH3 is 1. The highest BCUT2D eigenvalue weighted by atomic mass is 32.1. The summed E-state index contributed by atoms with van der Waals surface area (Å²) in [6.07, 6.45) is 0.891. The van der Waals surface area contributed by atoms with Crippen LogP contribution in [-0.4, -0.2) is 28.2 Å². The predicted molar refractivity (Wildman–Crippen MR) is 127 cm³/mol. The number of hydrogen-bond donors (Lipinski definition) is 3. The number of carbonyl (C=O) groups is 1. The molecule has 3 N–H and O–H groups in total. The first-order chi connectivity index (χ1) is 15.5. The van der Waals surface area contributed by atoms with Gasteiger partial charge in [0.25, 0.3) is 5.91 Å². The summed E-state index contributed by atoms with van der Waals surface area (Å²) in [5.41, 5.74) is 3.89. The molecule has 3 aromatic carbocycles. The number of carbonyl (C=O) groups excluding carboxylic acids is 1. The second-order valence-corrected chi connectivity index (χ2v) is 7.46. The number of thiocarbonyl (C=S) groups is 1. The molecule has 0 unspecified atom stereocenters. The zero-order valence-corrected chi connectivity index (χ0v) is 18.3. The van der Waals surface area contributed by atoms with Crippen LogP contribution in [0.25, 0.3) is 22.6 Å². The minimum atomic E-state index is -0.369. The van der Waals surface area contributed by atoms with E-state index in [0.717, 1.165) is 17.5 Å². The summed E-state index contributed by atoms with van der Waals surface area (Å²) in [4.78, 5) is 17.0. The molecule has 1 amide bonds. The van der Waals surface area contributed by atoms with E-state index < -0.39 is 0 Å². The Hall–Kier alpha value is -3.91. The largest absolute Gasteiger partial charge is 0.507 e. The van der Waals surface area contributed by atoms with Crippen LogP contribution >= 0.6 is 12.2 Å². The van der Waals surface area contributed by atoms with Crippen LogP contribution in [0.3, 0.4) is 0 Å². The minimum absolute atomic E-state index is 0.0177. The maximum atomic E-state index is 12.4. The molecule has 0 aliphatic rings. The fraction of sp³-hybridized carbons (Fsp3) is 0.125. The standard InChI is InChI=1S/C24H21N3O4S/c1-3-14-7-10-21-19(11-14)26-23(31-21)18-13-16(8-9-20(18)28)25-24(32)27-22(29)15-5-4-6-17(12-15)30-2/h4-13,28H,3H2,1-2H3,(H2,25,27,29,32). The molecule has 0 aliphatic carbocycles. The number of hydrogen-bond acceptors (Lipinski definition) is 6. The molecule has 0 fully saturated rings. The molecule has 0 radical (unpaired) electrons. The molecule has 0 saturated heterocycles. The molecule has 32 heavy (non-hydrogen) atoms. The number of rotatable bonds is 5. The third-order valence-electron chi connectivity index (χ3n) is 4.90. The monoisotopic (exact) mass is 447 g/mol. The van der Waals surface area contributed by atoms with Crippen molar-refractivity contribution in [2.24, 2.45) is 0 Å². The summed E-state index contributed by atoms with van der Waals surface area (Å²) in [6.45, 7) is 2.07. The van der Waals surface area contributed by atoms with Crippen molar-refractivity contribution in [1.82, 2.24) is 10.3 Å². The van der Waals surface area contributed by atoms with Crippen LogP contribution in [-0.2, 0) is 6.42 Å². The van der Waals surface area contributed by atoms with Crippen molar-refractivity contribution in [3.63, 3.8) is 0 Å². The Labute approximate surface area is 190 Å². The average molecular weight is 448 g/mol. The lowest BCUT2D eigenvalue weighted by Gasteiger charge is -2.11. The molecule has 4 rings (SSSR count). The number of nitrogens with one attached hydrogen (secondary N) is 2. The molecule has 0 aliphatic heterocycles. The van der Waals surface area contributed by atoms with Crippen molar-refractivity contribution in [1.29, 1.82) is 0 Å². The minimum Gasteiger partial charge on any atom is -0.507 e. The smallest absolute Gasteiger partial charge is 0.257 e. The number of fused-ring (bicyclic) bond motifs is 1. The number of aromatic nitrogens is 1. The van der Waals surface area contributed by atoms with Gasteiger partial charge in [-0.05, 0) is 72.7 Å². The topological polar surface area (TPSA) is 96.6 Å². The fourth-order valence-corrected chi connectivity index (χ4v) is 3.41. The molecule has 0 atom stereocenters. The van der Waals surface area contributed by atoms with E-state index in [4.69, 9.17) is 21.4 Å². The Bertz CT molecular complexity index is 1320. The van der Waals surface area contributed by atoms with Gasteiger partial charge in [0.2, 0.25) is 5.89 Å². The first kappa shape index (κ1) is 21.3. The number of aromatic hydroxyl groups is 1. The normalized spacial score (nSPS) is 10.7. The SMILES string of the molecule is CCc1ccc2oc(-c3cc(NC(=S)NC(=O)c4cccc(OC)c4)ccc3O)nc2c1. The Morgan fingerprint density at radius 1 is 1.16 bits per heavy atom. The summed E-state index contributed by atoms with van der Waals surface area (Å²) >= 11 is 5.27. The Kier molecular flexibility index (Phi) is 6.04. The van der Waals surface area contributed by atoms with E-state index in [1.54, 1.807) is 36.4 Å². The van der Waals surface area contributed by atoms with Crippen LogP contribution in [0.5, 0.6) is 11.5 Å². The van der Waals surface area contributed by atoms with Crippen LogP contribution in [0.15, 0.2) is 65.1 Å². The summed E-state index contributed by atoms with van der Waals surface area (Å²) in [5, 5.41) is 16.0. The Balaban J connectivity index is 1.52. The third-order valence-corrected chi connectivity index (χ3v) is 5.11. The summed E-state index contributed by atoms with van der Waals surface area (Å²) in [5.74, 6) is 0.514. The van der Waals surface area contributed by atoms with Gasteiger partial charge in [0.05, 0.1) is 12.7 Å². The lowest BCUT2D eigenvalue weighted by molar-refractivity contribution is 0.0977. The zero-order valence-electron chi connectivity index (χ0n) is 17.5. The highest BCUT2D eigenvalue weighted by Crippen LogP contribution is 2.33. The summed E-state index contributed by atoms with van der Waals surface area (Å²) in [6, 6.07) is 17.4. The second-order valence-electron chi connectivity index (χ2n) is 7.05. The Morgan fingerprint density at radius 3 is 2.78 bits per heavy atom. The van der Waals surface area contributed by atoms with Gasteiger partial charge in [0.15, 0.2) is 10.7 Å². The molecule has 4 aromatic rings. The number of amides is 1. The molecule has 1 heterocycles. The molecule has 1 aromatic heterocycles. The van der Waals surface area contributed by atoms with Gasteiger partial charge < -0.3 is 19.6 Å². The van der Waals surface area contributed by atoms with Crippen LogP contribution in [0, 0.1) is 0 Å².